The number of hydrogen-bond acceptors (Lipinski definition) is 33. The number of aliphatic hydroxyl groups excluding tert-OH is 5. The molecule has 0 unspecified atom stereocenters. The van der Waals surface area contributed by atoms with Crippen LogP contribution in [-0.4, -0.2) is 237 Å². The predicted molar refractivity (Wildman–Crippen MR) is 489 cm³/mol. The number of aliphatic hydroxyl groups is 5. The summed E-state index contributed by atoms with van der Waals surface area (Å²) in [6.07, 6.45) is 41.0. The minimum Gasteiger partial charge on any atom is -0.509 e. The standard InChI is InChI=1S/3C17H20O7.3C13H18O4.C12H16O5/c3*1-10(18)2-8-16(21)23-13-5-3-12-11(13)4-6-14(12)24-17(22)9-7-15(19)20;2*1-8(14)2-7-13(16)17-12-6-4-9-10(12)3-5-11(9)15;1-8-2-3-10-9(8)4-5-11(10)17-13(16)7-6-12(14)15;13-9-3-1-8-7(9)2-4-10(8)17-12(16)6-5-11(14)15/h2*2,7-9,11-14H,3-6H2,1H3,(H,19,20);2,7-9,11-14,18H,1,3-6H2,(H,19,20);2,7,9-12,15H,3-6H2,1H3;2,7,9-12,14-15H,1,3-6H2;6-11H,2-5H2,1H3,(H,14,15);5-10,13H,1-4H2,(H,14,15)/b2*8-2+,9-7+;8-2-,9-7-;7-2+;7-2-;7-6-;6-5+/t11-,12-,13+,14+;2*11-,12-,13-,14-;9-,10-,11+,12+;9-,10-,11-,12-;8-,9+,10-,11-;7-,8-,9+,10+/m0000000/s1. The molecule has 14 saturated carbocycles. The molecule has 10 N–H and O–H groups in total. The minimum absolute atomic E-state index is 0.00380. The SMILES string of the molecule is C=C(O)/C=C\C(=O)O[C@H]1CC[C@H]2[C@@H]1CC[C@@H]2O.C=C(O)/C=C\C(=O)O[C@H]1CC[C@H]2[C@@H]1CC[C@@H]2OC(=O)/C=C\C(=O)O.CC(=O)/C=C/C(=O)O[C@@H]1CC[C@H]2[C@@H]1CC[C@H]2O.CC(=O)/C=C/C(=O)O[C@@H]1CC[C@H]2[C@@H]1CC[C@H]2OC(=O)/C=C/C(=O)O.CC(=O)/C=C/C(=O)O[C@H]1CC[C@H]2[C@@H]1CC[C@@H]2OC(=O)/C=C/C(=O)O.C[C@H]1CC[C@H]2[C@@H]1CC[C@@H]2OC(=O)/C=C\C(=O)O.O=C(O)/C=C/C(=O)O[C@@H]1CC[C@H]2[C@@H]1CC[C@H]2O. The van der Waals surface area contributed by atoms with Gasteiger partial charge in [-0.25, -0.2) is 71.9 Å². The van der Waals surface area contributed by atoms with Gasteiger partial charge >= 0.3 is 89.5 Å². The second-order valence-electron chi connectivity index (χ2n) is 37.6. The van der Waals surface area contributed by atoms with Crippen LogP contribution in [0.5, 0.6) is 0 Å². The summed E-state index contributed by atoms with van der Waals surface area (Å²) in [5, 5.41) is 89.2. The maximum atomic E-state index is 11.7. The smallest absolute Gasteiger partial charge is 0.331 e. The van der Waals surface area contributed by atoms with Crippen molar-refractivity contribution >= 4 is 107 Å². The number of esters is 10. The Kier molecular flexibility index (Phi) is 44.6. The Morgan fingerprint density at radius 2 is 0.321 bits per heavy atom. The van der Waals surface area contributed by atoms with Gasteiger partial charge in [-0.3, -0.25) is 14.4 Å². The highest BCUT2D eigenvalue weighted by Crippen LogP contribution is 2.53. The van der Waals surface area contributed by atoms with E-state index in [-0.39, 0.29) is 156 Å². The van der Waals surface area contributed by atoms with E-state index in [1.54, 1.807) is 0 Å². The Labute approximate surface area is 809 Å². The lowest BCUT2D eigenvalue weighted by molar-refractivity contribution is -0.147. The molecule has 0 spiro atoms. The second kappa shape index (κ2) is 55.4. The van der Waals surface area contributed by atoms with E-state index in [0.29, 0.717) is 74.0 Å². The molecule has 0 aromatic rings. The Hall–Kier alpha value is -12.6. The van der Waals surface area contributed by atoms with Gasteiger partial charge < -0.3 is 98.4 Å². The van der Waals surface area contributed by atoms with Crippen molar-refractivity contribution in [3.8, 4) is 0 Å². The summed E-state index contributed by atoms with van der Waals surface area (Å²) in [6, 6.07) is 0. The van der Waals surface area contributed by atoms with Crippen LogP contribution in [0.4, 0.5) is 0 Å². The number of carboxylic acids is 5. The molecule has 0 saturated heterocycles. The van der Waals surface area contributed by atoms with Gasteiger partial charge in [-0.05, 0) is 260 Å². The lowest BCUT2D eigenvalue weighted by atomic mass is 9.93. The maximum Gasteiger partial charge on any atom is 0.331 e. The van der Waals surface area contributed by atoms with Crippen LogP contribution in [0.15, 0.2) is 146 Å². The van der Waals surface area contributed by atoms with Gasteiger partial charge in [-0.2, -0.15) is 0 Å². The van der Waals surface area contributed by atoms with Crippen LogP contribution < -0.4 is 0 Å². The summed E-state index contributed by atoms with van der Waals surface area (Å²) in [5.74, 6) is -8.27. The molecule has 0 aromatic carbocycles. The van der Waals surface area contributed by atoms with Crippen LogP contribution in [0, 0.1) is 88.8 Å². The van der Waals surface area contributed by atoms with Crippen LogP contribution in [0.1, 0.15) is 207 Å². The average Bonchev–Trinajstić information content (AvgIpc) is 1.61. The van der Waals surface area contributed by atoms with Gasteiger partial charge in [0.1, 0.15) is 72.6 Å². The highest BCUT2D eigenvalue weighted by atomic mass is 16.6. The summed E-state index contributed by atoms with van der Waals surface area (Å²) < 4.78 is 53.4. The largest absolute Gasteiger partial charge is 0.509 e. The number of rotatable bonds is 30. The van der Waals surface area contributed by atoms with Crippen molar-refractivity contribution in [1.82, 2.24) is 0 Å². The summed E-state index contributed by atoms with van der Waals surface area (Å²) >= 11 is 0. The van der Waals surface area contributed by atoms with E-state index in [1.807, 2.05) is 0 Å². The zero-order chi connectivity index (χ0) is 103. The fourth-order valence-electron chi connectivity index (χ4n) is 22.8. The van der Waals surface area contributed by atoms with Gasteiger partial charge in [-0.15, -0.1) is 0 Å². The molecule has 140 heavy (non-hydrogen) atoms. The number of ether oxygens (including phenoxy) is 10. The number of carbonyl (C=O) groups excluding carboxylic acids is 13. The zero-order valence-corrected chi connectivity index (χ0v) is 78.8. The number of fused-ring (bicyclic) bond motifs is 7. The third kappa shape index (κ3) is 36.3. The molecule has 28 atom stereocenters. The van der Waals surface area contributed by atoms with Crippen molar-refractivity contribution in [2.24, 2.45) is 88.8 Å². The highest BCUT2D eigenvalue weighted by Gasteiger charge is 2.53. The fraction of sp³-hybridized carbons (Fsp3) is 0.588. The van der Waals surface area contributed by atoms with Gasteiger partial charge in [0, 0.05) is 144 Å². The molecule has 14 fully saturated rings. The lowest BCUT2D eigenvalue weighted by Gasteiger charge is -2.20. The van der Waals surface area contributed by atoms with Gasteiger partial charge in [-0.1, -0.05) is 26.5 Å². The summed E-state index contributed by atoms with van der Waals surface area (Å²) in [6.45, 7) is 12.9. The molecule has 0 bridgehead atoms. The first-order valence-corrected chi connectivity index (χ1v) is 47.7. The first-order valence-electron chi connectivity index (χ1n) is 47.7. The summed E-state index contributed by atoms with van der Waals surface area (Å²) in [7, 11) is 0. The molecular formula is C102H130O38. The van der Waals surface area contributed by atoms with Crippen LogP contribution >= 0.6 is 0 Å². The average molecular weight is 1960 g/mol. The van der Waals surface area contributed by atoms with Crippen LogP contribution in [0.2, 0.25) is 0 Å². The fourth-order valence-corrected chi connectivity index (χ4v) is 22.8. The normalized spacial score (nSPS) is 32.4. The van der Waals surface area contributed by atoms with E-state index in [2.05, 4.69) is 20.1 Å². The monoisotopic (exact) mass is 1960 g/mol. The molecule has 766 valence electrons. The van der Waals surface area contributed by atoms with Gasteiger partial charge in [0.05, 0.1) is 18.3 Å². The van der Waals surface area contributed by atoms with Crippen molar-refractivity contribution in [3.05, 3.63) is 146 Å². The third-order valence-electron chi connectivity index (χ3n) is 28.7. The Bertz CT molecular complexity index is 4110. The van der Waals surface area contributed by atoms with E-state index >= 15 is 0 Å². The number of ketones is 3. The number of carboxylic acid groups (broad SMARTS) is 5. The molecular weight excluding hydrogens is 1830 g/mol. The lowest BCUT2D eigenvalue weighted by Crippen LogP contribution is -2.25. The number of aliphatic carboxylic acids is 5. The van der Waals surface area contributed by atoms with Crippen molar-refractivity contribution in [3.63, 3.8) is 0 Å². The Morgan fingerprint density at radius 1 is 0.186 bits per heavy atom. The van der Waals surface area contributed by atoms with Crippen molar-refractivity contribution in [2.45, 2.75) is 287 Å². The Balaban J connectivity index is 0.000000201. The zero-order valence-electron chi connectivity index (χ0n) is 78.8. The van der Waals surface area contributed by atoms with E-state index in [9.17, 15) is 102 Å². The van der Waals surface area contributed by atoms with Gasteiger partial charge in [0.2, 0.25) is 0 Å². The van der Waals surface area contributed by atoms with Crippen LogP contribution in [-0.2, 0) is 134 Å². The van der Waals surface area contributed by atoms with Crippen molar-refractivity contribution in [2.75, 3.05) is 0 Å². The minimum atomic E-state index is -1.21. The first kappa shape index (κ1) is 113. The van der Waals surface area contributed by atoms with Crippen LogP contribution in [0.25, 0.3) is 0 Å². The molecule has 0 radical (unpaired) electrons. The molecule has 38 nitrogen and oxygen atoms in total. The van der Waals surface area contributed by atoms with Crippen LogP contribution in [0.3, 0.4) is 0 Å². The highest BCUT2D eigenvalue weighted by molar-refractivity contribution is 5.97. The first-order chi connectivity index (χ1) is 66.4. The summed E-state index contributed by atoms with van der Waals surface area (Å²) in [5.41, 5.74) is 0. The van der Waals surface area contributed by atoms with E-state index in [0.717, 1.165) is 220 Å². The quantitative estimate of drug-likeness (QED) is 0.0105. The molecule has 0 aromatic heterocycles. The molecule has 0 aliphatic heterocycles. The number of carbonyl (C=O) groups is 18. The van der Waals surface area contributed by atoms with Gasteiger partial charge in [0.15, 0.2) is 17.3 Å². The molecule has 0 heterocycles. The number of allylic oxidation sites excluding steroid dienone is 5. The summed E-state index contributed by atoms with van der Waals surface area (Å²) in [4.78, 5) is 200. The number of hydrogen-bond donors (Lipinski definition) is 10. The topological polar surface area (TPSA) is 602 Å². The predicted octanol–water partition coefficient (Wildman–Crippen LogP) is 10.4. The van der Waals surface area contributed by atoms with E-state index < -0.39 is 89.5 Å². The van der Waals surface area contributed by atoms with E-state index in [1.165, 1.54) is 69.7 Å². The van der Waals surface area contributed by atoms with Crippen molar-refractivity contribution in [1.29, 1.82) is 0 Å². The van der Waals surface area contributed by atoms with E-state index in [4.69, 9.17) is 83.1 Å². The van der Waals surface area contributed by atoms with Gasteiger partial charge in [0.25, 0.3) is 0 Å². The molecule has 0 amide bonds. The molecule has 14 aliphatic rings. The van der Waals surface area contributed by atoms with Crippen molar-refractivity contribution < 1.29 is 185 Å². The third-order valence-corrected chi connectivity index (χ3v) is 28.7. The molecule has 14 aliphatic carbocycles. The second-order valence-corrected chi connectivity index (χ2v) is 37.6. The Morgan fingerprint density at radius 3 is 0.493 bits per heavy atom. The molecule has 38 heteroatoms. The molecule has 14 rings (SSSR count). The maximum absolute atomic E-state index is 11.7.